The van der Waals surface area contributed by atoms with Crippen molar-refractivity contribution in [3.63, 3.8) is 0 Å². The van der Waals surface area contributed by atoms with Gasteiger partial charge in [-0.05, 0) is 45.7 Å². The first-order chi connectivity index (χ1) is 10.4. The highest BCUT2D eigenvalue weighted by Gasteiger charge is 2.23. The summed E-state index contributed by atoms with van der Waals surface area (Å²) in [6.45, 7) is 12.2. The van der Waals surface area contributed by atoms with Crippen molar-refractivity contribution in [2.75, 3.05) is 52.1 Å². The predicted molar refractivity (Wildman–Crippen MR) is 86.7 cm³/mol. The summed E-state index contributed by atoms with van der Waals surface area (Å²) in [5.74, 6) is 0. The first-order valence-electron chi connectivity index (χ1n) is 8.29. The van der Waals surface area contributed by atoms with E-state index in [1.165, 1.54) is 32.4 Å². The quantitative estimate of drug-likeness (QED) is 0.461. The minimum atomic E-state index is -3.31. The van der Waals surface area contributed by atoms with E-state index in [9.17, 15) is 8.42 Å². The molecule has 6 nitrogen and oxygen atoms in total. The van der Waals surface area contributed by atoms with Crippen LogP contribution in [0.4, 0.5) is 0 Å². The summed E-state index contributed by atoms with van der Waals surface area (Å²) >= 11 is 0. The summed E-state index contributed by atoms with van der Waals surface area (Å²) in [5.41, 5.74) is 0. The van der Waals surface area contributed by atoms with Crippen molar-refractivity contribution in [2.24, 2.45) is 0 Å². The molecule has 2 aliphatic heterocycles. The van der Waals surface area contributed by atoms with Crippen molar-refractivity contribution in [2.45, 2.75) is 38.6 Å². The molecule has 0 N–H and O–H groups in total. The maximum Gasteiger partial charge on any atom is 0.264 e. The minimum absolute atomic E-state index is 0.254. The summed E-state index contributed by atoms with van der Waals surface area (Å²) in [6, 6.07) is 0.748. The van der Waals surface area contributed by atoms with Crippen molar-refractivity contribution < 1.29 is 12.6 Å². The van der Waals surface area contributed by atoms with Crippen molar-refractivity contribution in [1.29, 1.82) is 0 Å². The summed E-state index contributed by atoms with van der Waals surface area (Å²) < 4.78 is 26.5. The van der Waals surface area contributed by atoms with Crippen LogP contribution >= 0.6 is 0 Å². The Labute approximate surface area is 135 Å². The predicted octanol–water partition coefficient (Wildman–Crippen LogP) is 0.841. The van der Waals surface area contributed by atoms with E-state index in [1.807, 2.05) is 0 Å². The third kappa shape index (κ3) is 6.50. The number of hydrogen-bond donors (Lipinski definition) is 0. The molecule has 2 aliphatic rings. The Balaban J connectivity index is 1.52. The normalized spacial score (nSPS) is 25.3. The maximum atomic E-state index is 10.9. The van der Waals surface area contributed by atoms with Gasteiger partial charge in [0, 0.05) is 32.2 Å². The minimum Gasteiger partial charge on any atom is -0.301 e. The average Bonchev–Trinajstić information content (AvgIpc) is 3.04. The third-order valence-corrected chi connectivity index (χ3v) is 4.95. The van der Waals surface area contributed by atoms with Crippen LogP contribution in [0.1, 0.15) is 32.6 Å². The lowest BCUT2D eigenvalue weighted by atomic mass is 10.2. The number of likely N-dealkylation sites (tertiary alicyclic amines) is 1. The molecule has 2 radical (unpaired) electrons. The summed E-state index contributed by atoms with van der Waals surface area (Å²) in [7, 11) is -3.31. The zero-order valence-corrected chi connectivity index (χ0v) is 14.6. The second-order valence-corrected chi connectivity index (χ2v) is 7.98. The highest BCUT2D eigenvalue weighted by atomic mass is 32.2. The molecule has 0 aromatic rings. The van der Waals surface area contributed by atoms with E-state index in [0.717, 1.165) is 38.5 Å². The number of rotatable bonds is 9. The van der Waals surface area contributed by atoms with Crippen molar-refractivity contribution in [3.8, 4) is 0 Å². The van der Waals surface area contributed by atoms with E-state index in [4.69, 9.17) is 4.18 Å². The molecule has 1 unspecified atom stereocenters. The zero-order valence-electron chi connectivity index (χ0n) is 13.8. The molecule has 0 amide bonds. The van der Waals surface area contributed by atoms with E-state index in [-0.39, 0.29) is 6.61 Å². The monoisotopic (exact) mass is 331 g/mol. The highest BCUT2D eigenvalue weighted by molar-refractivity contribution is 7.85. The Morgan fingerprint density at radius 3 is 2.36 bits per heavy atom. The van der Waals surface area contributed by atoms with Gasteiger partial charge in [-0.1, -0.05) is 0 Å². The Morgan fingerprint density at radius 2 is 1.77 bits per heavy atom. The van der Waals surface area contributed by atoms with E-state index in [0.29, 0.717) is 6.42 Å². The first kappa shape index (κ1) is 18.1. The molecule has 7 heteroatoms. The lowest BCUT2D eigenvalue weighted by Crippen LogP contribution is -2.30. The molecule has 0 spiro atoms. The summed E-state index contributed by atoms with van der Waals surface area (Å²) in [4.78, 5) is 6.96. The van der Waals surface area contributed by atoms with Gasteiger partial charge in [0.1, 0.15) is 6.67 Å². The van der Waals surface area contributed by atoms with Crippen LogP contribution in [0, 0.1) is 6.67 Å². The number of hydrogen-bond acceptors (Lipinski definition) is 6. The fraction of sp³-hybridized carbons (Fsp3) is 0.933. The Kier molecular flexibility index (Phi) is 7.08. The van der Waals surface area contributed by atoms with Crippen molar-refractivity contribution in [3.05, 3.63) is 6.67 Å². The lowest BCUT2D eigenvalue weighted by Gasteiger charge is -2.22. The smallest absolute Gasteiger partial charge is 0.264 e. The van der Waals surface area contributed by atoms with Crippen LogP contribution in [-0.4, -0.2) is 81.3 Å². The molecule has 128 valence electrons. The van der Waals surface area contributed by atoms with Gasteiger partial charge in [0.15, 0.2) is 0 Å². The molecular formula is C15H29N3O3S. The fourth-order valence-corrected chi connectivity index (χ4v) is 3.54. The summed E-state index contributed by atoms with van der Waals surface area (Å²) in [6.07, 6.45) is 5.66. The van der Waals surface area contributed by atoms with Gasteiger partial charge in [-0.25, -0.2) is 0 Å². The van der Waals surface area contributed by atoms with Crippen LogP contribution in [0.25, 0.3) is 0 Å². The molecule has 2 heterocycles. The largest absolute Gasteiger partial charge is 0.301 e. The van der Waals surface area contributed by atoms with E-state index in [2.05, 4.69) is 28.3 Å². The van der Waals surface area contributed by atoms with Crippen LogP contribution in [0.15, 0.2) is 0 Å². The second-order valence-electron chi connectivity index (χ2n) is 6.33. The van der Waals surface area contributed by atoms with Crippen molar-refractivity contribution >= 4 is 10.1 Å². The first-order valence-corrected chi connectivity index (χ1v) is 10.1. The molecule has 0 aromatic heterocycles. The topological polar surface area (TPSA) is 53.1 Å². The molecule has 22 heavy (non-hydrogen) atoms. The Bertz CT molecular complexity index is 430. The van der Waals surface area contributed by atoms with Gasteiger partial charge in [0.25, 0.3) is 10.1 Å². The molecule has 0 bridgehead atoms. The summed E-state index contributed by atoms with van der Waals surface area (Å²) in [5, 5.41) is 0. The standard InChI is InChI=1S/C15H29N3O3S/c1-15-6-3-9-18(15)10-4-7-16-11-12-17(14-16)8-5-13-21-22(2,19)20/h15H,3-13H2,1-2H3. The molecular weight excluding hydrogens is 302 g/mol. The van der Waals surface area contributed by atoms with Crippen LogP contribution in [-0.2, 0) is 14.3 Å². The highest BCUT2D eigenvalue weighted by Crippen LogP contribution is 2.17. The van der Waals surface area contributed by atoms with Gasteiger partial charge in [0.05, 0.1) is 12.9 Å². The van der Waals surface area contributed by atoms with Gasteiger partial charge in [0.2, 0.25) is 0 Å². The Hall–Kier alpha value is -0.210. The van der Waals surface area contributed by atoms with Gasteiger partial charge in [-0.2, -0.15) is 8.42 Å². The SMILES string of the molecule is CC1CCCN1CCCN1[C]N(CCCOS(C)(=O)=O)CC1. The van der Waals surface area contributed by atoms with Crippen molar-refractivity contribution in [1.82, 2.24) is 14.7 Å². The Morgan fingerprint density at radius 1 is 1.09 bits per heavy atom. The molecule has 2 saturated heterocycles. The zero-order chi connectivity index (χ0) is 16.0. The van der Waals surface area contributed by atoms with Gasteiger partial charge < -0.3 is 4.90 Å². The molecule has 0 saturated carbocycles. The van der Waals surface area contributed by atoms with E-state index >= 15 is 0 Å². The van der Waals surface area contributed by atoms with Gasteiger partial charge in [-0.3, -0.25) is 14.0 Å². The van der Waals surface area contributed by atoms with Crippen LogP contribution < -0.4 is 0 Å². The van der Waals surface area contributed by atoms with Crippen LogP contribution in [0.2, 0.25) is 0 Å². The van der Waals surface area contributed by atoms with Crippen LogP contribution in [0.5, 0.6) is 0 Å². The van der Waals surface area contributed by atoms with Crippen LogP contribution in [0.3, 0.4) is 0 Å². The third-order valence-electron chi connectivity index (χ3n) is 4.36. The molecule has 0 aliphatic carbocycles. The molecule has 2 rings (SSSR count). The van der Waals surface area contributed by atoms with E-state index < -0.39 is 10.1 Å². The fourth-order valence-electron chi connectivity index (χ4n) is 3.12. The lowest BCUT2D eigenvalue weighted by molar-refractivity contribution is 0.240. The molecule has 1 atom stereocenters. The van der Waals surface area contributed by atoms with Gasteiger partial charge >= 0.3 is 0 Å². The second kappa shape index (κ2) is 8.59. The maximum absolute atomic E-state index is 10.9. The average molecular weight is 331 g/mol. The molecule has 2 fully saturated rings. The van der Waals surface area contributed by atoms with E-state index in [1.54, 1.807) is 0 Å². The van der Waals surface area contributed by atoms with Gasteiger partial charge in [-0.15, -0.1) is 0 Å². The molecule has 0 aromatic carbocycles. The number of nitrogens with zero attached hydrogens (tertiary/aromatic N) is 3.